The van der Waals surface area contributed by atoms with E-state index in [1.54, 1.807) is 25.4 Å². The van der Waals surface area contributed by atoms with Crippen LogP contribution in [-0.4, -0.2) is 83.3 Å². The molecule has 1 amide bonds. The first kappa shape index (κ1) is 21.9. The molecule has 2 fully saturated rings. The number of pyridine rings is 1. The Bertz CT molecular complexity index is 775. The zero-order chi connectivity index (χ0) is 20.7. The van der Waals surface area contributed by atoms with Crippen molar-refractivity contribution in [3.05, 3.63) is 18.3 Å². The number of amides is 1. The van der Waals surface area contributed by atoms with Crippen LogP contribution in [0.3, 0.4) is 0 Å². The number of nitrogens with one attached hydrogen (secondary N) is 1. The second kappa shape index (κ2) is 10.3. The van der Waals surface area contributed by atoms with Gasteiger partial charge in [-0.25, -0.2) is 13.4 Å². The van der Waals surface area contributed by atoms with E-state index in [1.165, 1.54) is 4.31 Å². The van der Waals surface area contributed by atoms with Crippen molar-refractivity contribution >= 4 is 21.7 Å². The molecule has 0 unspecified atom stereocenters. The largest absolute Gasteiger partial charge is 0.385 e. The number of piperidine rings is 1. The van der Waals surface area contributed by atoms with E-state index >= 15 is 0 Å². The summed E-state index contributed by atoms with van der Waals surface area (Å²) in [6, 6.07) is 3.26. The van der Waals surface area contributed by atoms with Gasteiger partial charge >= 0.3 is 0 Å². The highest BCUT2D eigenvalue weighted by atomic mass is 32.2. The minimum absolute atomic E-state index is 0.0583. The summed E-state index contributed by atoms with van der Waals surface area (Å²) < 4.78 is 38.0. The van der Waals surface area contributed by atoms with E-state index in [0.29, 0.717) is 71.2 Å². The van der Waals surface area contributed by atoms with E-state index in [-0.39, 0.29) is 16.7 Å². The van der Waals surface area contributed by atoms with E-state index in [1.807, 2.05) is 4.90 Å². The Morgan fingerprint density at radius 3 is 2.69 bits per heavy atom. The molecule has 1 aromatic heterocycles. The number of sulfonamides is 1. The first-order chi connectivity index (χ1) is 14.0. The van der Waals surface area contributed by atoms with Crippen molar-refractivity contribution in [1.82, 2.24) is 14.6 Å². The normalized spacial score (nSPS) is 19.3. The smallest absolute Gasteiger partial charge is 0.246 e. The molecule has 0 spiro atoms. The van der Waals surface area contributed by atoms with Crippen LogP contribution in [-0.2, 0) is 24.3 Å². The van der Waals surface area contributed by atoms with Crippen molar-refractivity contribution in [1.29, 1.82) is 0 Å². The van der Waals surface area contributed by atoms with E-state index in [0.717, 1.165) is 6.42 Å². The molecule has 1 N–H and O–H groups in total. The van der Waals surface area contributed by atoms with Crippen molar-refractivity contribution in [3.8, 4) is 0 Å². The minimum atomic E-state index is -3.63. The van der Waals surface area contributed by atoms with Crippen LogP contribution in [0.25, 0.3) is 0 Å². The van der Waals surface area contributed by atoms with Crippen LogP contribution in [0.5, 0.6) is 0 Å². The average molecular weight is 427 g/mol. The third kappa shape index (κ3) is 5.44. The zero-order valence-corrected chi connectivity index (χ0v) is 17.7. The van der Waals surface area contributed by atoms with Crippen LogP contribution in [0.15, 0.2) is 23.2 Å². The second-order valence-electron chi connectivity index (χ2n) is 7.24. The average Bonchev–Trinajstić information content (AvgIpc) is 2.77. The number of methoxy groups -OCH3 is 1. The predicted molar refractivity (Wildman–Crippen MR) is 108 cm³/mol. The van der Waals surface area contributed by atoms with Gasteiger partial charge in [-0.15, -0.1) is 0 Å². The van der Waals surface area contributed by atoms with Gasteiger partial charge in [0.05, 0.1) is 13.2 Å². The lowest BCUT2D eigenvalue weighted by atomic mass is 9.96. The number of rotatable bonds is 8. The van der Waals surface area contributed by atoms with Gasteiger partial charge in [-0.1, -0.05) is 0 Å². The highest BCUT2D eigenvalue weighted by Crippen LogP contribution is 2.29. The number of morpholine rings is 1. The summed E-state index contributed by atoms with van der Waals surface area (Å²) >= 11 is 0. The fraction of sp³-hybridized carbons (Fsp3) is 0.684. The summed E-state index contributed by atoms with van der Waals surface area (Å²) in [6.45, 7) is 3.93. The van der Waals surface area contributed by atoms with Crippen LogP contribution in [0, 0.1) is 5.92 Å². The molecule has 3 rings (SSSR count). The lowest BCUT2D eigenvalue weighted by Crippen LogP contribution is -2.43. The first-order valence-electron chi connectivity index (χ1n) is 10.1. The molecule has 0 aliphatic carbocycles. The third-order valence-electron chi connectivity index (χ3n) is 5.33. The molecule has 2 aliphatic heterocycles. The van der Waals surface area contributed by atoms with E-state index in [4.69, 9.17) is 9.47 Å². The van der Waals surface area contributed by atoms with E-state index in [9.17, 15) is 13.2 Å². The van der Waals surface area contributed by atoms with Gasteiger partial charge in [0.2, 0.25) is 15.9 Å². The highest BCUT2D eigenvalue weighted by molar-refractivity contribution is 7.89. The van der Waals surface area contributed by atoms with Crippen LogP contribution in [0.4, 0.5) is 5.82 Å². The standard InChI is InChI=1S/C19H30N4O5S/c1-27-13-3-8-21-19(24)16-5-9-22(10-6-16)18-17(4-2-7-20-18)29(25,26)23-11-14-28-15-12-23/h2,4,7,16H,3,5-6,8-15H2,1H3,(H,21,24). The number of ether oxygens (including phenoxy) is 2. The monoisotopic (exact) mass is 426 g/mol. The fourth-order valence-corrected chi connectivity index (χ4v) is 5.24. The molecule has 0 bridgehead atoms. The predicted octanol–water partition coefficient (Wildman–Crippen LogP) is 0.472. The topological polar surface area (TPSA) is 101 Å². The van der Waals surface area contributed by atoms with Gasteiger partial charge in [0, 0.05) is 58.6 Å². The molecule has 3 heterocycles. The molecule has 0 saturated carbocycles. The summed E-state index contributed by atoms with van der Waals surface area (Å²) in [4.78, 5) is 18.9. The van der Waals surface area contributed by atoms with Gasteiger partial charge in [-0.3, -0.25) is 4.79 Å². The Morgan fingerprint density at radius 1 is 1.28 bits per heavy atom. The first-order valence-corrected chi connectivity index (χ1v) is 11.5. The van der Waals surface area contributed by atoms with Crippen LogP contribution < -0.4 is 10.2 Å². The number of hydrogen-bond donors (Lipinski definition) is 1. The molecule has 9 nitrogen and oxygen atoms in total. The number of nitrogens with zero attached hydrogens (tertiary/aromatic N) is 3. The second-order valence-corrected chi connectivity index (χ2v) is 9.15. The summed E-state index contributed by atoms with van der Waals surface area (Å²) in [7, 11) is -1.99. The number of anilines is 1. The third-order valence-corrected chi connectivity index (χ3v) is 7.25. The maximum absolute atomic E-state index is 13.1. The maximum atomic E-state index is 13.1. The van der Waals surface area contributed by atoms with E-state index < -0.39 is 10.0 Å². The summed E-state index contributed by atoms with van der Waals surface area (Å²) in [5.41, 5.74) is 0. The molecular formula is C19H30N4O5S. The van der Waals surface area contributed by atoms with Crippen LogP contribution in [0.1, 0.15) is 19.3 Å². The maximum Gasteiger partial charge on any atom is 0.246 e. The lowest BCUT2D eigenvalue weighted by molar-refractivity contribution is -0.125. The Labute approximate surface area is 172 Å². The van der Waals surface area contributed by atoms with Gasteiger partial charge < -0.3 is 19.7 Å². The number of aromatic nitrogens is 1. The SMILES string of the molecule is COCCCNC(=O)C1CCN(c2ncccc2S(=O)(=O)N2CCOCC2)CC1. The molecule has 1 aromatic rings. The quantitative estimate of drug-likeness (QED) is 0.603. The molecule has 2 saturated heterocycles. The van der Waals surface area contributed by atoms with Gasteiger partial charge in [0.1, 0.15) is 10.7 Å². The number of carbonyl (C=O) groups excluding carboxylic acids is 1. The van der Waals surface area contributed by atoms with Crippen molar-refractivity contribution in [2.75, 3.05) is 64.6 Å². The number of carbonyl (C=O) groups is 1. The van der Waals surface area contributed by atoms with Gasteiger partial charge in [-0.05, 0) is 31.4 Å². The van der Waals surface area contributed by atoms with Gasteiger partial charge in [0.25, 0.3) is 0 Å². The van der Waals surface area contributed by atoms with Gasteiger partial charge in [-0.2, -0.15) is 4.31 Å². The highest BCUT2D eigenvalue weighted by Gasteiger charge is 2.32. The van der Waals surface area contributed by atoms with Crippen LogP contribution >= 0.6 is 0 Å². The van der Waals surface area contributed by atoms with Crippen molar-refractivity contribution in [2.24, 2.45) is 5.92 Å². The van der Waals surface area contributed by atoms with Gasteiger partial charge in [0.15, 0.2) is 0 Å². The lowest BCUT2D eigenvalue weighted by Gasteiger charge is -2.34. The molecule has 0 aromatic carbocycles. The summed E-state index contributed by atoms with van der Waals surface area (Å²) in [6.07, 6.45) is 3.74. The molecule has 2 aliphatic rings. The molecule has 0 radical (unpaired) electrons. The molecule has 162 valence electrons. The van der Waals surface area contributed by atoms with Crippen LogP contribution in [0.2, 0.25) is 0 Å². The van der Waals surface area contributed by atoms with Crippen molar-refractivity contribution in [2.45, 2.75) is 24.2 Å². The van der Waals surface area contributed by atoms with E-state index in [2.05, 4.69) is 10.3 Å². The van der Waals surface area contributed by atoms with Crippen molar-refractivity contribution in [3.63, 3.8) is 0 Å². The molecular weight excluding hydrogens is 396 g/mol. The molecule has 10 heteroatoms. The fourth-order valence-electron chi connectivity index (χ4n) is 3.67. The Kier molecular flexibility index (Phi) is 7.82. The number of hydrogen-bond acceptors (Lipinski definition) is 7. The van der Waals surface area contributed by atoms with Crippen molar-refractivity contribution < 1.29 is 22.7 Å². The zero-order valence-electron chi connectivity index (χ0n) is 16.9. The summed E-state index contributed by atoms with van der Waals surface area (Å²) in [5.74, 6) is 0.470. The Balaban J connectivity index is 1.63. The minimum Gasteiger partial charge on any atom is -0.385 e. The Hall–Kier alpha value is -1.75. The Morgan fingerprint density at radius 2 is 2.00 bits per heavy atom. The molecule has 29 heavy (non-hydrogen) atoms. The molecule has 0 atom stereocenters. The summed E-state index contributed by atoms with van der Waals surface area (Å²) in [5, 5.41) is 2.95.